The van der Waals surface area contributed by atoms with E-state index in [0.29, 0.717) is 12.1 Å². The number of nitrogens with two attached hydrogens (primary N) is 2. The standard InChI is InChI=1S/C14H28N2/c1-10-2-3-11(6-9-14(10)16)12-4-7-13(15)8-5-12/h10-14H,2-9,15-16H2,1H3. The molecule has 4 N–H and O–H groups in total. The van der Waals surface area contributed by atoms with E-state index in [-0.39, 0.29) is 0 Å². The first-order chi connectivity index (χ1) is 7.66. The normalized spacial score (nSPS) is 46.3. The highest BCUT2D eigenvalue weighted by Crippen LogP contribution is 2.38. The smallest absolute Gasteiger partial charge is 0.00646 e. The molecule has 0 aromatic carbocycles. The summed E-state index contributed by atoms with van der Waals surface area (Å²) >= 11 is 0. The van der Waals surface area contributed by atoms with Gasteiger partial charge in [0.2, 0.25) is 0 Å². The molecule has 0 saturated heterocycles. The predicted molar refractivity (Wildman–Crippen MR) is 69.0 cm³/mol. The van der Waals surface area contributed by atoms with Gasteiger partial charge in [-0.1, -0.05) is 6.92 Å². The molecule has 3 atom stereocenters. The lowest BCUT2D eigenvalue weighted by atomic mass is 9.75. The molecule has 0 bridgehead atoms. The van der Waals surface area contributed by atoms with Gasteiger partial charge in [0.15, 0.2) is 0 Å². The Labute approximate surface area is 100 Å². The summed E-state index contributed by atoms with van der Waals surface area (Å²) in [7, 11) is 0. The van der Waals surface area contributed by atoms with Crippen LogP contribution in [-0.2, 0) is 0 Å². The minimum absolute atomic E-state index is 0.454. The average molecular weight is 224 g/mol. The Morgan fingerprint density at radius 3 is 1.81 bits per heavy atom. The van der Waals surface area contributed by atoms with Crippen molar-refractivity contribution in [1.82, 2.24) is 0 Å². The van der Waals surface area contributed by atoms with Gasteiger partial charge >= 0.3 is 0 Å². The molecule has 0 heterocycles. The quantitative estimate of drug-likeness (QED) is 0.673. The van der Waals surface area contributed by atoms with Crippen LogP contribution in [0.4, 0.5) is 0 Å². The Hall–Kier alpha value is -0.0800. The summed E-state index contributed by atoms with van der Waals surface area (Å²) < 4.78 is 0. The Morgan fingerprint density at radius 2 is 1.19 bits per heavy atom. The third-order valence-corrected chi connectivity index (χ3v) is 5.08. The molecule has 0 amide bonds. The largest absolute Gasteiger partial charge is 0.328 e. The minimum Gasteiger partial charge on any atom is -0.328 e. The van der Waals surface area contributed by atoms with E-state index in [1.165, 1.54) is 51.4 Å². The molecular weight excluding hydrogens is 196 g/mol. The molecule has 2 aliphatic carbocycles. The maximum Gasteiger partial charge on any atom is 0.00646 e. The van der Waals surface area contributed by atoms with Crippen LogP contribution >= 0.6 is 0 Å². The van der Waals surface area contributed by atoms with Crippen molar-refractivity contribution in [2.45, 2.75) is 70.4 Å². The van der Waals surface area contributed by atoms with E-state index >= 15 is 0 Å². The van der Waals surface area contributed by atoms with E-state index in [1.54, 1.807) is 0 Å². The van der Waals surface area contributed by atoms with E-state index in [0.717, 1.165) is 17.8 Å². The van der Waals surface area contributed by atoms with Gasteiger partial charge in [-0.25, -0.2) is 0 Å². The maximum absolute atomic E-state index is 6.17. The van der Waals surface area contributed by atoms with E-state index in [2.05, 4.69) is 6.92 Å². The first-order valence-electron chi connectivity index (χ1n) is 7.18. The van der Waals surface area contributed by atoms with Crippen molar-refractivity contribution in [3.05, 3.63) is 0 Å². The van der Waals surface area contributed by atoms with Gasteiger partial charge in [0.1, 0.15) is 0 Å². The third kappa shape index (κ3) is 2.98. The van der Waals surface area contributed by atoms with Crippen LogP contribution in [-0.4, -0.2) is 12.1 Å². The summed E-state index contributed by atoms with van der Waals surface area (Å²) in [4.78, 5) is 0. The highest BCUT2D eigenvalue weighted by molar-refractivity contribution is 4.84. The van der Waals surface area contributed by atoms with Gasteiger partial charge in [0, 0.05) is 12.1 Å². The average Bonchev–Trinajstić information content (AvgIpc) is 2.44. The van der Waals surface area contributed by atoms with Crippen molar-refractivity contribution >= 4 is 0 Å². The van der Waals surface area contributed by atoms with E-state index < -0.39 is 0 Å². The number of hydrogen-bond acceptors (Lipinski definition) is 2. The fraction of sp³-hybridized carbons (Fsp3) is 1.00. The molecule has 16 heavy (non-hydrogen) atoms. The predicted octanol–water partition coefficient (Wildman–Crippen LogP) is 2.66. The summed E-state index contributed by atoms with van der Waals surface area (Å²) in [5.41, 5.74) is 12.2. The summed E-state index contributed by atoms with van der Waals surface area (Å²) in [5.74, 6) is 2.64. The van der Waals surface area contributed by atoms with Crippen molar-refractivity contribution in [1.29, 1.82) is 0 Å². The number of hydrogen-bond donors (Lipinski definition) is 2. The van der Waals surface area contributed by atoms with Gasteiger partial charge in [-0.3, -0.25) is 0 Å². The van der Waals surface area contributed by atoms with Crippen molar-refractivity contribution in [3.63, 3.8) is 0 Å². The van der Waals surface area contributed by atoms with Gasteiger partial charge in [-0.2, -0.15) is 0 Å². The van der Waals surface area contributed by atoms with Crippen LogP contribution in [0, 0.1) is 17.8 Å². The van der Waals surface area contributed by atoms with Crippen molar-refractivity contribution in [3.8, 4) is 0 Å². The zero-order valence-corrected chi connectivity index (χ0v) is 10.7. The maximum atomic E-state index is 6.17. The minimum atomic E-state index is 0.454. The highest BCUT2D eigenvalue weighted by Gasteiger charge is 2.29. The second-order valence-corrected chi connectivity index (χ2v) is 6.23. The lowest BCUT2D eigenvalue weighted by Crippen LogP contribution is -2.29. The topological polar surface area (TPSA) is 52.0 Å². The fourth-order valence-corrected chi connectivity index (χ4v) is 3.61. The van der Waals surface area contributed by atoms with Gasteiger partial charge < -0.3 is 11.5 Å². The zero-order valence-electron chi connectivity index (χ0n) is 10.7. The lowest BCUT2D eigenvalue weighted by molar-refractivity contribution is 0.212. The van der Waals surface area contributed by atoms with Crippen LogP contribution in [0.25, 0.3) is 0 Å². The Kier molecular flexibility index (Phi) is 4.26. The van der Waals surface area contributed by atoms with E-state index in [9.17, 15) is 0 Å². The second kappa shape index (κ2) is 5.50. The molecule has 2 heteroatoms. The summed E-state index contributed by atoms with van der Waals surface area (Å²) in [5, 5.41) is 0. The Morgan fingerprint density at radius 1 is 0.688 bits per heavy atom. The first kappa shape index (κ1) is 12.4. The molecule has 2 saturated carbocycles. The van der Waals surface area contributed by atoms with Crippen LogP contribution in [0.15, 0.2) is 0 Å². The Balaban J connectivity index is 1.85. The van der Waals surface area contributed by atoms with Crippen molar-refractivity contribution < 1.29 is 0 Å². The zero-order chi connectivity index (χ0) is 11.5. The molecule has 3 unspecified atom stereocenters. The molecule has 0 aliphatic heterocycles. The van der Waals surface area contributed by atoms with Crippen LogP contribution in [0.2, 0.25) is 0 Å². The van der Waals surface area contributed by atoms with Gasteiger partial charge in [-0.05, 0) is 69.1 Å². The Bertz CT molecular complexity index is 197. The van der Waals surface area contributed by atoms with Gasteiger partial charge in [-0.15, -0.1) is 0 Å². The van der Waals surface area contributed by atoms with Gasteiger partial charge in [0.25, 0.3) is 0 Å². The molecule has 0 aromatic heterocycles. The molecule has 0 radical (unpaired) electrons. The second-order valence-electron chi connectivity index (χ2n) is 6.23. The third-order valence-electron chi connectivity index (χ3n) is 5.08. The van der Waals surface area contributed by atoms with Gasteiger partial charge in [0.05, 0.1) is 0 Å². The summed E-state index contributed by atoms with van der Waals surface area (Å²) in [6.07, 6.45) is 10.6. The van der Waals surface area contributed by atoms with Crippen LogP contribution in [0.3, 0.4) is 0 Å². The molecule has 0 aromatic rings. The highest BCUT2D eigenvalue weighted by atomic mass is 14.7. The van der Waals surface area contributed by atoms with Crippen molar-refractivity contribution in [2.75, 3.05) is 0 Å². The first-order valence-corrected chi connectivity index (χ1v) is 7.18. The van der Waals surface area contributed by atoms with Crippen molar-refractivity contribution in [2.24, 2.45) is 29.2 Å². The van der Waals surface area contributed by atoms with E-state index in [4.69, 9.17) is 11.5 Å². The molecule has 0 spiro atoms. The monoisotopic (exact) mass is 224 g/mol. The fourth-order valence-electron chi connectivity index (χ4n) is 3.61. The van der Waals surface area contributed by atoms with Crippen LogP contribution < -0.4 is 11.5 Å². The lowest BCUT2D eigenvalue weighted by Gasteiger charge is -2.32. The molecular formula is C14H28N2. The molecule has 2 fully saturated rings. The summed E-state index contributed by atoms with van der Waals surface area (Å²) in [6.45, 7) is 2.32. The van der Waals surface area contributed by atoms with E-state index in [1.807, 2.05) is 0 Å². The van der Waals surface area contributed by atoms with Crippen LogP contribution in [0.1, 0.15) is 58.3 Å². The van der Waals surface area contributed by atoms with Crippen LogP contribution in [0.5, 0.6) is 0 Å². The molecule has 2 nitrogen and oxygen atoms in total. The molecule has 2 rings (SSSR count). The SMILES string of the molecule is CC1CCC(C2CCC(N)CC2)CCC1N. The summed E-state index contributed by atoms with van der Waals surface area (Å²) in [6, 6.07) is 0.944. The molecule has 94 valence electrons. The molecule has 2 aliphatic rings. The number of rotatable bonds is 1.